The van der Waals surface area contributed by atoms with Gasteiger partial charge in [-0.2, -0.15) is 5.10 Å². The summed E-state index contributed by atoms with van der Waals surface area (Å²) < 4.78 is 11.9. The van der Waals surface area contributed by atoms with E-state index in [9.17, 15) is 19.7 Å². The Morgan fingerprint density at radius 2 is 2.00 bits per heavy atom. The Kier molecular flexibility index (Phi) is 6.49. The summed E-state index contributed by atoms with van der Waals surface area (Å²) in [6, 6.07) is 9.31. The number of aromatic nitrogens is 2. The van der Waals surface area contributed by atoms with Crippen LogP contribution < -0.4 is 20.7 Å². The molecular weight excluding hydrogens is 404 g/mol. The van der Waals surface area contributed by atoms with E-state index in [1.165, 1.54) is 18.3 Å². The molecule has 0 aliphatic rings. The monoisotopic (exact) mass is 426 g/mol. The predicted octanol–water partition coefficient (Wildman–Crippen LogP) is 3.06. The minimum Gasteiger partial charge on any atom is -0.490 e. The van der Waals surface area contributed by atoms with E-state index in [0.29, 0.717) is 16.6 Å². The lowest BCUT2D eigenvalue weighted by atomic mass is 10.1. The van der Waals surface area contributed by atoms with Gasteiger partial charge in [-0.3, -0.25) is 14.9 Å². The van der Waals surface area contributed by atoms with Crippen molar-refractivity contribution in [1.29, 1.82) is 0 Å². The molecule has 162 valence electrons. The highest BCUT2D eigenvalue weighted by molar-refractivity contribution is 5.83. The Morgan fingerprint density at radius 1 is 1.26 bits per heavy atom. The Bertz CT molecular complexity index is 1260. The summed E-state index contributed by atoms with van der Waals surface area (Å²) in [6.45, 7) is 5.70. The fraction of sp³-hybridized carbons (Fsp3) is 0.286. The van der Waals surface area contributed by atoms with Gasteiger partial charge in [-0.25, -0.2) is 4.79 Å². The number of nitrogens with zero attached hydrogens (tertiary/aromatic N) is 3. The number of rotatable bonds is 8. The van der Waals surface area contributed by atoms with Gasteiger partial charge in [0.2, 0.25) is 5.75 Å². The fourth-order valence-electron chi connectivity index (χ4n) is 2.87. The number of para-hydroxylation sites is 1. The average molecular weight is 426 g/mol. The molecule has 0 radical (unpaired) electrons. The van der Waals surface area contributed by atoms with Gasteiger partial charge in [0.1, 0.15) is 0 Å². The summed E-state index contributed by atoms with van der Waals surface area (Å²) in [4.78, 5) is 38.5. The molecule has 1 heterocycles. The van der Waals surface area contributed by atoms with E-state index in [0.717, 1.165) is 0 Å². The predicted molar refractivity (Wildman–Crippen MR) is 116 cm³/mol. The van der Waals surface area contributed by atoms with Gasteiger partial charge in [0.05, 0.1) is 34.8 Å². The molecule has 0 saturated heterocycles. The second-order valence-electron chi connectivity index (χ2n) is 6.73. The van der Waals surface area contributed by atoms with Crippen LogP contribution in [0.25, 0.3) is 10.9 Å². The third-order valence-corrected chi connectivity index (χ3v) is 4.55. The standard InChI is InChI=1S/C21H22N4O6/c1-4-13(3)31-19-17(25(28)29)10-14(11-18(19)30-5-2)12-22-24-20(26)15-8-6-7-9-16(15)23-21(24)27/h6-13H,4-5H2,1-3H3,(H,23,27). The fourth-order valence-corrected chi connectivity index (χ4v) is 2.87. The van der Waals surface area contributed by atoms with Crippen LogP contribution in [0.3, 0.4) is 0 Å². The third kappa shape index (κ3) is 4.63. The largest absolute Gasteiger partial charge is 0.490 e. The normalized spacial score (nSPS) is 12.2. The van der Waals surface area contributed by atoms with Crippen molar-refractivity contribution in [2.45, 2.75) is 33.3 Å². The number of benzene rings is 2. The molecule has 0 aliphatic heterocycles. The maximum atomic E-state index is 12.6. The van der Waals surface area contributed by atoms with Crippen molar-refractivity contribution in [1.82, 2.24) is 9.66 Å². The SMILES string of the molecule is CCOc1cc(C=Nn2c(=O)[nH]c3ccccc3c2=O)cc([N+](=O)[O-])c1OC(C)CC. The molecule has 0 fully saturated rings. The number of nitro groups is 1. The minimum absolute atomic E-state index is 0.0269. The van der Waals surface area contributed by atoms with Crippen molar-refractivity contribution in [2.24, 2.45) is 5.10 Å². The summed E-state index contributed by atoms with van der Waals surface area (Å²) in [6.07, 6.45) is 1.58. The highest BCUT2D eigenvalue weighted by Crippen LogP contribution is 2.39. The Hall–Kier alpha value is -3.95. The van der Waals surface area contributed by atoms with Gasteiger partial charge in [-0.1, -0.05) is 19.1 Å². The summed E-state index contributed by atoms with van der Waals surface area (Å²) in [7, 11) is 0. The molecule has 2 aromatic carbocycles. The first-order chi connectivity index (χ1) is 14.8. The van der Waals surface area contributed by atoms with Crippen molar-refractivity contribution in [3.05, 3.63) is 72.9 Å². The van der Waals surface area contributed by atoms with Gasteiger partial charge in [0.15, 0.2) is 5.75 Å². The molecule has 10 heteroatoms. The molecule has 1 aromatic heterocycles. The molecule has 3 aromatic rings. The smallest absolute Gasteiger partial charge is 0.349 e. The first-order valence-corrected chi connectivity index (χ1v) is 9.76. The van der Waals surface area contributed by atoms with Gasteiger partial charge in [0.25, 0.3) is 5.56 Å². The Balaban J connectivity index is 2.10. The third-order valence-electron chi connectivity index (χ3n) is 4.55. The molecular formula is C21H22N4O6. The van der Waals surface area contributed by atoms with Gasteiger partial charge < -0.3 is 14.5 Å². The van der Waals surface area contributed by atoms with E-state index in [4.69, 9.17) is 9.47 Å². The number of hydrogen-bond acceptors (Lipinski definition) is 7. The molecule has 0 saturated carbocycles. The van der Waals surface area contributed by atoms with E-state index >= 15 is 0 Å². The molecule has 1 unspecified atom stereocenters. The van der Waals surface area contributed by atoms with Crippen LogP contribution in [0.5, 0.6) is 11.5 Å². The molecule has 0 amide bonds. The average Bonchev–Trinajstić information content (AvgIpc) is 2.74. The summed E-state index contributed by atoms with van der Waals surface area (Å²) in [5.74, 6) is 0.206. The van der Waals surface area contributed by atoms with Crippen molar-refractivity contribution in [2.75, 3.05) is 6.61 Å². The lowest BCUT2D eigenvalue weighted by Crippen LogP contribution is -2.32. The van der Waals surface area contributed by atoms with Crippen molar-refractivity contribution in [3.8, 4) is 11.5 Å². The Morgan fingerprint density at radius 3 is 2.68 bits per heavy atom. The maximum absolute atomic E-state index is 12.6. The van der Waals surface area contributed by atoms with E-state index in [1.54, 1.807) is 38.1 Å². The quantitative estimate of drug-likeness (QED) is 0.335. The second-order valence-corrected chi connectivity index (χ2v) is 6.73. The first kappa shape index (κ1) is 21.8. The van der Waals surface area contributed by atoms with E-state index < -0.39 is 16.2 Å². The molecule has 1 N–H and O–H groups in total. The second kappa shape index (κ2) is 9.24. The first-order valence-electron chi connectivity index (χ1n) is 9.76. The van der Waals surface area contributed by atoms with E-state index in [1.807, 2.05) is 6.92 Å². The highest BCUT2D eigenvalue weighted by atomic mass is 16.6. The zero-order chi connectivity index (χ0) is 22.5. The summed E-state index contributed by atoms with van der Waals surface area (Å²) >= 11 is 0. The van der Waals surface area contributed by atoms with E-state index in [-0.39, 0.29) is 40.8 Å². The van der Waals surface area contributed by atoms with Crippen LogP contribution >= 0.6 is 0 Å². The minimum atomic E-state index is -0.726. The van der Waals surface area contributed by atoms with Gasteiger partial charge in [-0.05, 0) is 38.5 Å². The van der Waals surface area contributed by atoms with Gasteiger partial charge in [0, 0.05) is 11.6 Å². The van der Waals surface area contributed by atoms with E-state index in [2.05, 4.69) is 10.1 Å². The van der Waals surface area contributed by atoms with Crippen LogP contribution in [-0.2, 0) is 0 Å². The van der Waals surface area contributed by atoms with Gasteiger partial charge in [-0.15, -0.1) is 4.68 Å². The number of nitro benzene ring substituents is 1. The van der Waals surface area contributed by atoms with Crippen LogP contribution in [0.15, 0.2) is 51.1 Å². The highest BCUT2D eigenvalue weighted by Gasteiger charge is 2.24. The van der Waals surface area contributed by atoms with Crippen molar-refractivity contribution < 1.29 is 14.4 Å². The van der Waals surface area contributed by atoms with Crippen molar-refractivity contribution in [3.63, 3.8) is 0 Å². The number of fused-ring (bicyclic) bond motifs is 1. The van der Waals surface area contributed by atoms with Crippen LogP contribution in [0.2, 0.25) is 0 Å². The van der Waals surface area contributed by atoms with Crippen LogP contribution in [0, 0.1) is 10.1 Å². The number of ether oxygens (including phenoxy) is 2. The van der Waals surface area contributed by atoms with Crippen LogP contribution in [0.4, 0.5) is 5.69 Å². The van der Waals surface area contributed by atoms with Crippen LogP contribution in [0.1, 0.15) is 32.8 Å². The number of nitrogens with one attached hydrogen (secondary N) is 1. The zero-order valence-corrected chi connectivity index (χ0v) is 17.3. The summed E-state index contributed by atoms with van der Waals surface area (Å²) in [5.41, 5.74) is -0.966. The number of hydrogen-bond donors (Lipinski definition) is 1. The van der Waals surface area contributed by atoms with Crippen molar-refractivity contribution >= 4 is 22.8 Å². The number of aromatic amines is 1. The lowest BCUT2D eigenvalue weighted by Gasteiger charge is -2.16. The summed E-state index contributed by atoms with van der Waals surface area (Å²) in [5, 5.41) is 15.9. The van der Waals surface area contributed by atoms with Gasteiger partial charge >= 0.3 is 11.4 Å². The molecule has 10 nitrogen and oxygen atoms in total. The molecule has 3 rings (SSSR count). The number of H-pyrrole nitrogens is 1. The zero-order valence-electron chi connectivity index (χ0n) is 17.3. The molecule has 1 atom stereocenters. The Labute approximate surface area is 176 Å². The topological polar surface area (TPSA) is 129 Å². The molecule has 0 spiro atoms. The lowest BCUT2D eigenvalue weighted by molar-refractivity contribution is -0.386. The molecule has 0 bridgehead atoms. The molecule has 0 aliphatic carbocycles. The molecule has 31 heavy (non-hydrogen) atoms. The van der Waals surface area contributed by atoms with Crippen LogP contribution in [-0.4, -0.2) is 33.5 Å². The maximum Gasteiger partial charge on any atom is 0.349 e.